The van der Waals surface area contributed by atoms with Crippen molar-refractivity contribution in [3.63, 3.8) is 0 Å². The number of benzene rings is 2. The first-order valence-electron chi connectivity index (χ1n) is 17.2. The molecular formula is C37H33ClF8N8O3. The fraction of sp³-hybridized carbons (Fsp3) is 0.405. The summed E-state index contributed by atoms with van der Waals surface area (Å²) in [6.07, 6.45) is -6.44. The Morgan fingerprint density at radius 1 is 1.05 bits per heavy atom. The molecule has 0 bridgehead atoms. The smallest absolute Gasteiger partial charge is 0.395 e. The Balaban J connectivity index is 1.40. The molecule has 57 heavy (non-hydrogen) atoms. The maximum atomic E-state index is 15.8. The number of carbonyl (C=O) groups is 2. The number of rotatable bonds is 11. The third kappa shape index (κ3) is 8.31. The Kier molecular flexibility index (Phi) is 10.9. The molecule has 1 aliphatic heterocycles. The molecule has 6 rings (SSSR count). The summed E-state index contributed by atoms with van der Waals surface area (Å²) in [7, 11) is 0. The van der Waals surface area contributed by atoms with Crippen LogP contribution in [-0.2, 0) is 19.9 Å². The number of esters is 1. The summed E-state index contributed by atoms with van der Waals surface area (Å²) in [5.41, 5.74) is 1.51. The largest absolute Gasteiger partial charge is 0.463 e. The van der Waals surface area contributed by atoms with E-state index in [9.17, 15) is 40.3 Å². The highest BCUT2D eigenvalue weighted by Crippen LogP contribution is 2.60. The van der Waals surface area contributed by atoms with E-state index in [1.54, 1.807) is 20.8 Å². The lowest BCUT2D eigenvalue weighted by molar-refractivity contribution is -0.195. The third-order valence-corrected chi connectivity index (χ3v) is 9.82. The van der Waals surface area contributed by atoms with Crippen LogP contribution in [-0.4, -0.2) is 60.1 Å². The number of hydrogen-bond donors (Lipinski definition) is 1. The highest BCUT2D eigenvalue weighted by Gasteiger charge is 2.64. The van der Waals surface area contributed by atoms with Gasteiger partial charge in [-0.2, -0.15) is 32.1 Å². The van der Waals surface area contributed by atoms with Gasteiger partial charge in [-0.05, 0) is 60.1 Å². The van der Waals surface area contributed by atoms with Crippen molar-refractivity contribution in [3.05, 3.63) is 94.0 Å². The second kappa shape index (κ2) is 15.1. The molecule has 2 aromatic carbocycles. The van der Waals surface area contributed by atoms with Gasteiger partial charge in [-0.1, -0.05) is 56.3 Å². The summed E-state index contributed by atoms with van der Waals surface area (Å²) in [5.74, 6) is 0.928. The number of aromatic nitrogens is 5. The average molecular weight is 825 g/mol. The number of carbonyl (C=O) groups excluding carboxylic acids is 2. The Labute approximate surface area is 324 Å². The van der Waals surface area contributed by atoms with E-state index >= 15 is 4.39 Å². The molecule has 0 saturated heterocycles. The summed E-state index contributed by atoms with van der Waals surface area (Å²) < 4.78 is 117. The van der Waals surface area contributed by atoms with Gasteiger partial charge < -0.3 is 10.5 Å². The lowest BCUT2D eigenvalue weighted by atomic mass is 9.75. The average Bonchev–Trinajstić information content (AvgIpc) is 3.42. The fourth-order valence-electron chi connectivity index (χ4n) is 6.61. The zero-order valence-electron chi connectivity index (χ0n) is 30.3. The molecule has 2 N–H and O–H groups in total. The van der Waals surface area contributed by atoms with Crippen LogP contribution in [0, 0.1) is 28.5 Å². The highest BCUT2D eigenvalue weighted by molar-refractivity contribution is 6.32. The zero-order valence-corrected chi connectivity index (χ0v) is 31.1. The molecule has 2 atom stereocenters. The first kappa shape index (κ1) is 41.1. The summed E-state index contributed by atoms with van der Waals surface area (Å²) in [6.45, 7) is 1.67. The number of aliphatic imine (C=N–C) groups is 1. The van der Waals surface area contributed by atoms with Crippen molar-refractivity contribution >= 4 is 29.4 Å². The molecule has 1 fully saturated rings. The van der Waals surface area contributed by atoms with Crippen molar-refractivity contribution in [2.75, 3.05) is 6.61 Å². The number of amides is 1. The van der Waals surface area contributed by atoms with Gasteiger partial charge in [0.2, 0.25) is 0 Å². The molecule has 0 spiro atoms. The summed E-state index contributed by atoms with van der Waals surface area (Å²) in [6, 6.07) is 6.13. The first-order chi connectivity index (χ1) is 26.6. The Hall–Kier alpha value is -5.51. The minimum absolute atomic E-state index is 0.0269. The molecule has 1 saturated carbocycles. The van der Waals surface area contributed by atoms with E-state index in [2.05, 4.69) is 32.0 Å². The predicted octanol–water partition coefficient (Wildman–Crippen LogP) is 7.79. The SMILES string of the molecule is CC(C)(C)C[C@]1(c2ccc(C#Cc3cnn(C(F)F)c3)c(F)c2)N=C(N)N([C@H](COC(=O)CC2(C(F)(F)F)CC2)c2ccc(Cl)c(-n3ncnc3C(F)F)c2)C1=O. The Morgan fingerprint density at radius 3 is 2.37 bits per heavy atom. The van der Waals surface area contributed by atoms with Crippen molar-refractivity contribution in [1.29, 1.82) is 0 Å². The number of guanidine groups is 1. The number of hydrogen-bond acceptors (Lipinski definition) is 8. The zero-order chi connectivity index (χ0) is 41.7. The van der Waals surface area contributed by atoms with Crippen molar-refractivity contribution in [2.24, 2.45) is 21.6 Å². The fourth-order valence-corrected chi connectivity index (χ4v) is 6.81. The topological polar surface area (TPSA) is 134 Å². The van der Waals surface area contributed by atoms with E-state index in [0.717, 1.165) is 34.4 Å². The quantitative estimate of drug-likeness (QED) is 0.0928. The first-order valence-corrected chi connectivity index (χ1v) is 17.6. The molecule has 302 valence electrons. The van der Waals surface area contributed by atoms with Gasteiger partial charge in [-0.3, -0.25) is 14.5 Å². The third-order valence-electron chi connectivity index (χ3n) is 9.50. The standard InChI is InChI=1S/C37H33ClF8N8O3/c1-34(2,3)18-36(23-8-6-21(25(39)13-23)5-4-20-15-49-52(16-20)32(42)43)31(56)53(33(47)51-36)27(17-57-28(55)14-35(10-11-35)37(44,45)46)22-7-9-24(38)26(12-22)54-30(29(40)41)48-19-50-54/h6-9,12-13,15-16,19,27,29,32H,10-11,14,17-18H2,1-3H3,(H2,47,51)/t27-,36-/m1/s1. The maximum absolute atomic E-state index is 15.8. The molecular weight excluding hydrogens is 792 g/mol. The lowest BCUT2D eigenvalue weighted by Crippen LogP contribution is -2.47. The van der Waals surface area contributed by atoms with Crippen LogP contribution in [0.25, 0.3) is 5.69 Å². The summed E-state index contributed by atoms with van der Waals surface area (Å²) >= 11 is 6.40. The highest BCUT2D eigenvalue weighted by atomic mass is 35.5. The lowest BCUT2D eigenvalue weighted by Gasteiger charge is -2.35. The van der Waals surface area contributed by atoms with E-state index in [1.165, 1.54) is 30.3 Å². The van der Waals surface area contributed by atoms with Crippen molar-refractivity contribution in [1.82, 2.24) is 29.4 Å². The molecule has 11 nitrogen and oxygen atoms in total. The van der Waals surface area contributed by atoms with Gasteiger partial charge in [0.15, 0.2) is 17.3 Å². The maximum Gasteiger partial charge on any atom is 0.395 e. The second-order valence-corrected chi connectivity index (χ2v) is 15.3. The van der Waals surface area contributed by atoms with E-state index < -0.39 is 84.1 Å². The molecule has 0 radical (unpaired) electrons. The van der Waals surface area contributed by atoms with Gasteiger partial charge in [-0.15, -0.1) is 0 Å². The summed E-state index contributed by atoms with van der Waals surface area (Å²) in [5, 5.41) is 7.24. The number of nitrogens with zero attached hydrogens (tertiary/aromatic N) is 7. The monoisotopic (exact) mass is 824 g/mol. The van der Waals surface area contributed by atoms with Crippen molar-refractivity contribution < 1.29 is 49.4 Å². The van der Waals surface area contributed by atoms with E-state index in [4.69, 9.17) is 22.1 Å². The van der Waals surface area contributed by atoms with Crippen LogP contribution in [0.5, 0.6) is 0 Å². The number of halogens is 9. The molecule has 1 amide bonds. The molecule has 2 aromatic heterocycles. The van der Waals surface area contributed by atoms with Crippen LogP contribution >= 0.6 is 11.6 Å². The van der Waals surface area contributed by atoms with E-state index in [1.807, 2.05) is 0 Å². The van der Waals surface area contributed by atoms with Crippen LogP contribution in [0.15, 0.2) is 60.1 Å². The van der Waals surface area contributed by atoms with Crippen LogP contribution in [0.2, 0.25) is 5.02 Å². The van der Waals surface area contributed by atoms with E-state index in [-0.39, 0.29) is 52.2 Å². The van der Waals surface area contributed by atoms with Gasteiger partial charge in [0.25, 0.3) is 12.3 Å². The molecule has 1 aliphatic carbocycles. The second-order valence-electron chi connectivity index (χ2n) is 14.9. The van der Waals surface area contributed by atoms with Gasteiger partial charge >= 0.3 is 18.7 Å². The van der Waals surface area contributed by atoms with Gasteiger partial charge in [-0.25, -0.2) is 32.5 Å². The summed E-state index contributed by atoms with van der Waals surface area (Å²) in [4.78, 5) is 37.0. The van der Waals surface area contributed by atoms with Crippen molar-refractivity contribution in [2.45, 2.75) is 77.2 Å². The van der Waals surface area contributed by atoms with Crippen molar-refractivity contribution in [3.8, 4) is 17.5 Å². The van der Waals surface area contributed by atoms with E-state index in [0.29, 0.717) is 4.68 Å². The number of alkyl halides is 7. The Bertz CT molecular complexity index is 2290. The van der Waals surface area contributed by atoms with Gasteiger partial charge in [0.1, 0.15) is 18.8 Å². The minimum atomic E-state index is -4.67. The number of ether oxygens (including phenoxy) is 1. The normalized spacial score (nSPS) is 18.5. The number of nitrogens with two attached hydrogens (primary N) is 1. The van der Waals surface area contributed by atoms with Crippen LogP contribution in [0.3, 0.4) is 0 Å². The van der Waals surface area contributed by atoms with Crippen LogP contribution in [0.1, 0.15) is 93.5 Å². The van der Waals surface area contributed by atoms with Gasteiger partial charge in [0.05, 0.1) is 45.9 Å². The van der Waals surface area contributed by atoms with Crippen LogP contribution in [0.4, 0.5) is 35.1 Å². The predicted molar refractivity (Wildman–Crippen MR) is 187 cm³/mol. The molecule has 20 heteroatoms. The Morgan fingerprint density at radius 2 is 1.77 bits per heavy atom. The molecule has 3 heterocycles. The minimum Gasteiger partial charge on any atom is -0.463 e. The molecule has 2 aliphatic rings. The molecule has 0 unspecified atom stereocenters. The van der Waals surface area contributed by atoms with Crippen LogP contribution < -0.4 is 5.73 Å². The molecule has 4 aromatic rings. The van der Waals surface area contributed by atoms with Gasteiger partial charge in [0, 0.05) is 6.20 Å².